The summed E-state index contributed by atoms with van der Waals surface area (Å²) in [6.07, 6.45) is 1.58. The van der Waals surface area contributed by atoms with E-state index in [-0.39, 0.29) is 11.5 Å². The van der Waals surface area contributed by atoms with Crippen molar-refractivity contribution in [3.8, 4) is 0 Å². The van der Waals surface area contributed by atoms with Gasteiger partial charge in [0.05, 0.1) is 11.4 Å². The lowest BCUT2D eigenvalue weighted by Crippen LogP contribution is -2.40. The quantitative estimate of drug-likeness (QED) is 0.776. The van der Waals surface area contributed by atoms with E-state index in [1.54, 1.807) is 19.3 Å². The number of carbonyl (C=O) groups excluding carboxylic acids is 1. The number of rotatable bonds is 4. The number of aromatic nitrogens is 1. The number of hydrogen-bond acceptors (Lipinski definition) is 5. The highest BCUT2D eigenvalue weighted by Gasteiger charge is 2.46. The SMILES string of the molecule is CCn1cc(NC(=O)C2CSC(NC)[N+]2=O)ccc1=O. The molecule has 1 aromatic heterocycles. The fraction of sp³-hybridized carbons (Fsp3) is 0.500. The third-order valence-electron chi connectivity index (χ3n) is 3.09. The molecule has 2 N–H and O–H groups in total. The summed E-state index contributed by atoms with van der Waals surface area (Å²) in [5.41, 5.74) is 0.000669. The number of carbonyl (C=O) groups is 1. The van der Waals surface area contributed by atoms with Crippen LogP contribution in [0.15, 0.2) is 23.1 Å². The van der Waals surface area contributed by atoms with Crippen LogP contribution in [-0.2, 0) is 11.3 Å². The van der Waals surface area contributed by atoms with E-state index in [9.17, 15) is 14.5 Å². The van der Waals surface area contributed by atoms with Crippen LogP contribution >= 0.6 is 11.8 Å². The molecule has 2 unspecified atom stereocenters. The van der Waals surface area contributed by atoms with Crippen LogP contribution in [0.2, 0.25) is 0 Å². The second-order valence-corrected chi connectivity index (χ2v) is 5.49. The fourth-order valence-electron chi connectivity index (χ4n) is 1.97. The number of aryl methyl sites for hydroxylation is 1. The zero-order valence-electron chi connectivity index (χ0n) is 11.3. The van der Waals surface area contributed by atoms with Gasteiger partial charge in [-0.25, -0.2) is 5.32 Å². The van der Waals surface area contributed by atoms with Gasteiger partial charge in [-0.1, -0.05) is 11.8 Å². The van der Waals surface area contributed by atoms with Gasteiger partial charge in [-0.05, 0) is 20.0 Å². The van der Waals surface area contributed by atoms with Crippen LogP contribution in [0.5, 0.6) is 0 Å². The number of thioether (sulfide) groups is 1. The summed E-state index contributed by atoms with van der Waals surface area (Å²) in [6.45, 7) is 2.37. The van der Waals surface area contributed by atoms with Crippen LogP contribution in [-0.4, -0.2) is 39.6 Å². The molecule has 1 saturated heterocycles. The summed E-state index contributed by atoms with van der Waals surface area (Å²) in [7, 11) is 1.68. The topological polar surface area (TPSA) is 83.2 Å². The summed E-state index contributed by atoms with van der Waals surface area (Å²) in [4.78, 5) is 35.4. The van der Waals surface area contributed by atoms with Crippen molar-refractivity contribution in [3.05, 3.63) is 33.6 Å². The van der Waals surface area contributed by atoms with Crippen molar-refractivity contribution >= 4 is 23.4 Å². The highest BCUT2D eigenvalue weighted by atomic mass is 32.2. The van der Waals surface area contributed by atoms with Gasteiger partial charge in [0.2, 0.25) is 0 Å². The normalized spacial score (nSPS) is 22.0. The lowest BCUT2D eigenvalue weighted by Gasteiger charge is -2.08. The molecule has 2 heterocycles. The molecule has 1 aromatic rings. The van der Waals surface area contributed by atoms with Gasteiger partial charge in [0.15, 0.2) is 0 Å². The third kappa shape index (κ3) is 2.91. The monoisotopic (exact) mass is 297 g/mol. The lowest BCUT2D eigenvalue weighted by atomic mass is 10.3. The van der Waals surface area contributed by atoms with Crippen molar-refractivity contribution in [2.24, 2.45) is 0 Å². The van der Waals surface area contributed by atoms with Gasteiger partial charge in [0.25, 0.3) is 17.5 Å². The Hall–Kier alpha value is -1.67. The molecule has 0 aromatic carbocycles. The maximum Gasteiger partial charge on any atom is 0.303 e. The molecule has 2 rings (SSSR count). The molecule has 0 spiro atoms. The third-order valence-corrected chi connectivity index (χ3v) is 4.36. The smallest absolute Gasteiger partial charge is 0.303 e. The molecule has 0 aliphatic carbocycles. The molecule has 2 atom stereocenters. The molecule has 1 fully saturated rings. The average Bonchev–Trinajstić information content (AvgIpc) is 2.82. The van der Waals surface area contributed by atoms with E-state index < -0.39 is 11.5 Å². The first kappa shape index (κ1) is 14.7. The Labute approximate surface area is 120 Å². The maximum absolute atomic E-state index is 12.1. The molecule has 7 nitrogen and oxygen atoms in total. The molecule has 0 saturated carbocycles. The standard InChI is InChI=1S/C12H16N4O3S/c1-3-15-6-8(4-5-10(15)17)14-11(18)9-7-20-12(13-2)16(9)19/h4-6,9,12-13H,3,7H2,1-2H3/p+1. The highest BCUT2D eigenvalue weighted by molar-refractivity contribution is 7.99. The van der Waals surface area contributed by atoms with E-state index in [0.29, 0.717) is 18.0 Å². The Bertz CT molecular complexity index is 586. The van der Waals surface area contributed by atoms with Crippen LogP contribution < -0.4 is 16.2 Å². The molecule has 20 heavy (non-hydrogen) atoms. The van der Waals surface area contributed by atoms with Crippen molar-refractivity contribution in [2.45, 2.75) is 25.0 Å². The predicted molar refractivity (Wildman–Crippen MR) is 77.7 cm³/mol. The summed E-state index contributed by atoms with van der Waals surface area (Å²) in [5.74, 6) is 0.0837. The lowest BCUT2D eigenvalue weighted by molar-refractivity contribution is -0.577. The Morgan fingerprint density at radius 1 is 1.55 bits per heavy atom. The predicted octanol–water partition coefficient (Wildman–Crippen LogP) is 0.204. The first-order chi connectivity index (χ1) is 9.56. The summed E-state index contributed by atoms with van der Waals surface area (Å²) in [6, 6.07) is 2.21. The van der Waals surface area contributed by atoms with Crippen molar-refractivity contribution < 1.29 is 9.55 Å². The number of nitrogens with one attached hydrogen (secondary N) is 2. The molecule has 0 bridgehead atoms. The molecular weight excluding hydrogens is 280 g/mol. The zero-order valence-corrected chi connectivity index (χ0v) is 12.1. The molecule has 1 aliphatic rings. The molecule has 1 aliphatic heterocycles. The minimum absolute atomic E-state index is 0.123. The Kier molecular flexibility index (Phi) is 4.56. The van der Waals surface area contributed by atoms with Crippen LogP contribution in [0.4, 0.5) is 5.69 Å². The van der Waals surface area contributed by atoms with Gasteiger partial charge in [-0.3, -0.25) is 9.59 Å². The van der Waals surface area contributed by atoms with Crippen molar-refractivity contribution in [3.63, 3.8) is 0 Å². The van der Waals surface area contributed by atoms with Gasteiger partial charge in [-0.2, -0.15) is 0 Å². The molecule has 1 amide bonds. The summed E-state index contributed by atoms with van der Waals surface area (Å²) < 4.78 is 2.25. The fourth-order valence-corrected chi connectivity index (χ4v) is 3.10. The summed E-state index contributed by atoms with van der Waals surface area (Å²) >= 11 is 1.39. The largest absolute Gasteiger partial charge is 0.319 e. The first-order valence-electron chi connectivity index (χ1n) is 6.32. The number of nitroso groups, excluding NO2 is 1. The van der Waals surface area contributed by atoms with E-state index >= 15 is 0 Å². The number of nitrogens with zero attached hydrogens (tertiary/aromatic N) is 2. The number of pyridine rings is 1. The number of amides is 1. The highest BCUT2D eigenvalue weighted by Crippen LogP contribution is 2.23. The van der Waals surface area contributed by atoms with Gasteiger partial charge >= 0.3 is 5.50 Å². The minimum atomic E-state index is -0.723. The first-order valence-corrected chi connectivity index (χ1v) is 7.37. The minimum Gasteiger partial charge on any atom is -0.319 e. The molecule has 8 heteroatoms. The van der Waals surface area contributed by atoms with E-state index in [4.69, 9.17) is 0 Å². The van der Waals surface area contributed by atoms with Crippen LogP contribution in [0.1, 0.15) is 6.92 Å². The molecular formula is C12H17N4O3S+. The van der Waals surface area contributed by atoms with Crippen LogP contribution in [0.25, 0.3) is 0 Å². The summed E-state index contributed by atoms with van der Waals surface area (Å²) in [5, 5.41) is 5.52. The van der Waals surface area contributed by atoms with Crippen molar-refractivity contribution in [2.75, 3.05) is 18.1 Å². The Balaban J connectivity index is 2.09. The number of hydrogen-bond donors (Lipinski definition) is 2. The van der Waals surface area contributed by atoms with Crippen molar-refractivity contribution in [1.82, 2.24) is 9.88 Å². The molecule has 108 valence electrons. The molecule has 0 radical (unpaired) electrons. The van der Waals surface area contributed by atoms with Gasteiger partial charge < -0.3 is 9.88 Å². The van der Waals surface area contributed by atoms with Crippen LogP contribution in [0.3, 0.4) is 0 Å². The van der Waals surface area contributed by atoms with Gasteiger partial charge in [-0.15, -0.1) is 0 Å². The average molecular weight is 297 g/mol. The Morgan fingerprint density at radius 3 is 2.90 bits per heavy atom. The van der Waals surface area contributed by atoms with Gasteiger partial charge in [0, 0.05) is 28.5 Å². The maximum atomic E-state index is 12.1. The van der Waals surface area contributed by atoms with Gasteiger partial charge in [0.1, 0.15) is 0 Å². The second-order valence-electron chi connectivity index (χ2n) is 4.38. The van der Waals surface area contributed by atoms with Crippen molar-refractivity contribution in [1.29, 1.82) is 0 Å². The van der Waals surface area contributed by atoms with E-state index in [1.165, 1.54) is 22.4 Å². The van der Waals surface area contributed by atoms with E-state index in [1.807, 2.05) is 6.92 Å². The van der Waals surface area contributed by atoms with E-state index in [2.05, 4.69) is 10.6 Å². The Morgan fingerprint density at radius 2 is 2.30 bits per heavy atom. The van der Waals surface area contributed by atoms with E-state index in [0.717, 1.165) is 4.76 Å². The zero-order chi connectivity index (χ0) is 14.7. The second kappa shape index (κ2) is 6.19. The van der Waals surface area contributed by atoms with Crippen LogP contribution in [0, 0.1) is 4.91 Å². The number of anilines is 1.